The fourth-order valence-corrected chi connectivity index (χ4v) is 1.30. The van der Waals surface area contributed by atoms with Crippen LogP contribution in [0.2, 0.25) is 0 Å². The number of nitrogens with one attached hydrogen (secondary N) is 1. The maximum Gasteiger partial charge on any atom is 0.255 e. The number of aromatic hydroxyl groups is 2. The predicted molar refractivity (Wildman–Crippen MR) is 62.0 cm³/mol. The van der Waals surface area contributed by atoms with Gasteiger partial charge in [-0.15, -0.1) is 11.6 Å². The zero-order chi connectivity index (χ0) is 12.1. The van der Waals surface area contributed by atoms with Crippen molar-refractivity contribution in [1.82, 2.24) is 5.32 Å². The van der Waals surface area contributed by atoms with Crippen LogP contribution in [-0.2, 0) is 0 Å². The van der Waals surface area contributed by atoms with Crippen LogP contribution in [0.15, 0.2) is 18.2 Å². The monoisotopic (exact) mass is 243 g/mol. The van der Waals surface area contributed by atoms with E-state index in [1.54, 1.807) is 0 Å². The lowest BCUT2D eigenvalue weighted by atomic mass is 10.1. The molecule has 0 spiro atoms. The van der Waals surface area contributed by atoms with Gasteiger partial charge in [0.1, 0.15) is 11.5 Å². The molecule has 0 fully saturated rings. The zero-order valence-electron chi connectivity index (χ0n) is 8.90. The Bertz CT molecular complexity index is 379. The number of halogens is 1. The number of rotatable bonds is 4. The standard InChI is InChI=1S/C11H14ClNO3/c1-7(12)4-5-13-11(16)9-3-2-8(14)6-10(9)15/h2-3,6-7,14-15H,4-5H2,1H3,(H,13,16). The maximum absolute atomic E-state index is 11.6. The molecule has 0 aliphatic rings. The van der Waals surface area contributed by atoms with Gasteiger partial charge in [-0.1, -0.05) is 0 Å². The van der Waals surface area contributed by atoms with Crippen molar-refractivity contribution in [3.05, 3.63) is 23.8 Å². The molecule has 1 unspecified atom stereocenters. The highest BCUT2D eigenvalue weighted by molar-refractivity contribution is 6.20. The molecule has 0 saturated heterocycles. The molecule has 0 aliphatic heterocycles. The van der Waals surface area contributed by atoms with Crippen LogP contribution in [0.1, 0.15) is 23.7 Å². The quantitative estimate of drug-likeness (QED) is 0.707. The number of amides is 1. The predicted octanol–water partition coefficient (Wildman–Crippen LogP) is 1.85. The molecule has 88 valence electrons. The summed E-state index contributed by atoms with van der Waals surface area (Å²) in [4.78, 5) is 11.6. The summed E-state index contributed by atoms with van der Waals surface area (Å²) in [6.07, 6.45) is 0.659. The summed E-state index contributed by atoms with van der Waals surface area (Å²) in [6, 6.07) is 3.84. The molecule has 1 rings (SSSR count). The van der Waals surface area contributed by atoms with Crippen LogP contribution >= 0.6 is 11.6 Å². The van der Waals surface area contributed by atoms with Gasteiger partial charge in [0, 0.05) is 18.0 Å². The summed E-state index contributed by atoms with van der Waals surface area (Å²) < 4.78 is 0. The largest absolute Gasteiger partial charge is 0.508 e. The van der Waals surface area contributed by atoms with E-state index < -0.39 is 0 Å². The van der Waals surface area contributed by atoms with Crippen LogP contribution in [0.4, 0.5) is 0 Å². The highest BCUT2D eigenvalue weighted by atomic mass is 35.5. The molecular formula is C11H14ClNO3. The smallest absolute Gasteiger partial charge is 0.255 e. The van der Waals surface area contributed by atoms with Crippen LogP contribution < -0.4 is 5.32 Å². The van der Waals surface area contributed by atoms with E-state index in [-0.39, 0.29) is 28.3 Å². The minimum absolute atomic E-state index is 0.00582. The fourth-order valence-electron chi connectivity index (χ4n) is 1.19. The Morgan fingerprint density at radius 2 is 2.19 bits per heavy atom. The van der Waals surface area contributed by atoms with E-state index >= 15 is 0 Å². The number of alkyl halides is 1. The van der Waals surface area contributed by atoms with Gasteiger partial charge >= 0.3 is 0 Å². The third kappa shape index (κ3) is 3.62. The summed E-state index contributed by atoms with van der Waals surface area (Å²) in [5.41, 5.74) is 0.139. The van der Waals surface area contributed by atoms with Gasteiger partial charge in [0.15, 0.2) is 0 Å². The van der Waals surface area contributed by atoms with Crippen LogP contribution in [0.25, 0.3) is 0 Å². The lowest BCUT2D eigenvalue weighted by Crippen LogP contribution is -2.25. The van der Waals surface area contributed by atoms with Crippen molar-refractivity contribution >= 4 is 17.5 Å². The molecule has 1 atom stereocenters. The SMILES string of the molecule is CC(Cl)CCNC(=O)c1ccc(O)cc1O. The Morgan fingerprint density at radius 3 is 2.75 bits per heavy atom. The van der Waals surface area contributed by atoms with E-state index in [0.717, 1.165) is 6.07 Å². The number of phenolic OH excluding ortho intramolecular Hbond substituents is 2. The summed E-state index contributed by atoms with van der Waals surface area (Å²) in [6.45, 7) is 2.29. The van der Waals surface area contributed by atoms with Crippen LogP contribution in [-0.4, -0.2) is 28.0 Å². The number of hydrogen-bond acceptors (Lipinski definition) is 3. The molecule has 1 aromatic carbocycles. The first kappa shape index (κ1) is 12.6. The minimum Gasteiger partial charge on any atom is -0.508 e. The number of hydrogen-bond donors (Lipinski definition) is 3. The lowest BCUT2D eigenvalue weighted by Gasteiger charge is -2.07. The molecule has 1 amide bonds. The van der Waals surface area contributed by atoms with Gasteiger partial charge in [-0.2, -0.15) is 0 Å². The van der Waals surface area contributed by atoms with Gasteiger partial charge in [0.05, 0.1) is 5.56 Å². The van der Waals surface area contributed by atoms with E-state index in [2.05, 4.69) is 5.32 Å². The topological polar surface area (TPSA) is 69.6 Å². The van der Waals surface area contributed by atoms with Crippen LogP contribution in [0.5, 0.6) is 11.5 Å². The van der Waals surface area contributed by atoms with Crippen molar-refractivity contribution in [3.8, 4) is 11.5 Å². The molecule has 0 saturated carbocycles. The molecule has 0 aliphatic carbocycles. The van der Waals surface area contributed by atoms with Gasteiger partial charge < -0.3 is 15.5 Å². The van der Waals surface area contributed by atoms with Gasteiger partial charge in [-0.05, 0) is 25.5 Å². The van der Waals surface area contributed by atoms with Crippen LogP contribution in [0.3, 0.4) is 0 Å². The van der Waals surface area contributed by atoms with Crippen molar-refractivity contribution < 1.29 is 15.0 Å². The Hall–Kier alpha value is -1.42. The molecule has 3 N–H and O–H groups in total. The lowest BCUT2D eigenvalue weighted by molar-refractivity contribution is 0.0950. The van der Waals surface area contributed by atoms with Crippen LogP contribution in [0, 0.1) is 0 Å². The molecule has 0 bridgehead atoms. The maximum atomic E-state index is 11.6. The highest BCUT2D eigenvalue weighted by Gasteiger charge is 2.11. The van der Waals surface area contributed by atoms with Crippen molar-refractivity contribution in [2.45, 2.75) is 18.7 Å². The molecule has 0 radical (unpaired) electrons. The Labute approximate surface area is 98.9 Å². The summed E-state index contributed by atoms with van der Waals surface area (Å²) >= 11 is 5.73. The molecule has 0 aromatic heterocycles. The molecule has 5 heteroatoms. The molecule has 0 heterocycles. The minimum atomic E-state index is -0.380. The summed E-state index contributed by atoms with van der Waals surface area (Å²) in [5, 5.41) is 21.1. The average molecular weight is 244 g/mol. The Balaban J connectivity index is 2.59. The first-order chi connectivity index (χ1) is 7.50. The van der Waals surface area contributed by atoms with Crippen molar-refractivity contribution in [1.29, 1.82) is 0 Å². The van der Waals surface area contributed by atoms with E-state index in [4.69, 9.17) is 16.7 Å². The van der Waals surface area contributed by atoms with E-state index in [0.29, 0.717) is 13.0 Å². The second kappa shape index (κ2) is 5.61. The van der Waals surface area contributed by atoms with Gasteiger partial charge in [-0.3, -0.25) is 4.79 Å². The van der Waals surface area contributed by atoms with E-state index in [1.165, 1.54) is 12.1 Å². The second-order valence-electron chi connectivity index (χ2n) is 3.53. The average Bonchev–Trinajstić information content (AvgIpc) is 2.16. The van der Waals surface area contributed by atoms with E-state index in [1.807, 2.05) is 6.92 Å². The molecule has 1 aromatic rings. The third-order valence-corrected chi connectivity index (χ3v) is 2.27. The Kier molecular flexibility index (Phi) is 4.43. The summed E-state index contributed by atoms with van der Waals surface area (Å²) in [5.74, 6) is -0.699. The third-order valence-electron chi connectivity index (χ3n) is 2.05. The molecule has 4 nitrogen and oxygen atoms in total. The summed E-state index contributed by atoms with van der Waals surface area (Å²) in [7, 11) is 0. The van der Waals surface area contributed by atoms with Gasteiger partial charge in [-0.25, -0.2) is 0 Å². The normalized spacial score (nSPS) is 12.1. The fraction of sp³-hybridized carbons (Fsp3) is 0.364. The Morgan fingerprint density at radius 1 is 1.50 bits per heavy atom. The first-order valence-corrected chi connectivity index (χ1v) is 5.38. The zero-order valence-corrected chi connectivity index (χ0v) is 9.66. The number of carbonyl (C=O) groups is 1. The van der Waals surface area contributed by atoms with E-state index in [9.17, 15) is 9.90 Å². The number of benzene rings is 1. The van der Waals surface area contributed by atoms with Crippen molar-refractivity contribution in [3.63, 3.8) is 0 Å². The van der Waals surface area contributed by atoms with Gasteiger partial charge in [0.25, 0.3) is 5.91 Å². The second-order valence-corrected chi connectivity index (χ2v) is 4.27. The molecular weight excluding hydrogens is 230 g/mol. The van der Waals surface area contributed by atoms with Gasteiger partial charge in [0.2, 0.25) is 0 Å². The number of phenols is 2. The number of carbonyl (C=O) groups excluding carboxylic acids is 1. The first-order valence-electron chi connectivity index (χ1n) is 4.95. The van der Waals surface area contributed by atoms with Crippen molar-refractivity contribution in [2.75, 3.05) is 6.54 Å². The highest BCUT2D eigenvalue weighted by Crippen LogP contribution is 2.22. The molecule has 16 heavy (non-hydrogen) atoms. The van der Waals surface area contributed by atoms with Crippen molar-refractivity contribution in [2.24, 2.45) is 0 Å².